The van der Waals surface area contributed by atoms with Gasteiger partial charge < -0.3 is 15.2 Å². The molecule has 2 N–H and O–H groups in total. The van der Waals surface area contributed by atoms with Crippen LogP contribution in [0.15, 0.2) is 30.3 Å². The second-order valence-corrected chi connectivity index (χ2v) is 4.13. The van der Waals surface area contributed by atoms with Crippen LogP contribution in [0.1, 0.15) is 11.5 Å². The molecule has 0 aliphatic heterocycles. The molecule has 0 saturated carbocycles. The maximum absolute atomic E-state index is 12.3. The van der Waals surface area contributed by atoms with Gasteiger partial charge in [-0.15, -0.1) is 13.2 Å². The number of ether oxygens (including phenoxy) is 2. The van der Waals surface area contributed by atoms with E-state index < -0.39 is 12.1 Å². The Morgan fingerprint density at radius 1 is 1.14 bits per heavy atom. The van der Waals surface area contributed by atoms with Gasteiger partial charge in [0.1, 0.15) is 12.4 Å². The van der Waals surface area contributed by atoms with Gasteiger partial charge in [-0.2, -0.15) is 0 Å². The Labute approximate surface area is 118 Å². The van der Waals surface area contributed by atoms with E-state index in [9.17, 15) is 13.2 Å². The normalized spacial score (nSPS) is 11.2. The van der Waals surface area contributed by atoms with Crippen molar-refractivity contribution < 1.29 is 22.6 Å². The van der Waals surface area contributed by atoms with Crippen LogP contribution >= 0.6 is 0 Å². The average molecular weight is 299 g/mol. The molecule has 0 aliphatic rings. The van der Waals surface area contributed by atoms with Crippen molar-refractivity contribution in [1.29, 1.82) is 0 Å². The molecule has 8 heteroatoms. The van der Waals surface area contributed by atoms with Crippen LogP contribution < -0.4 is 15.2 Å². The molecule has 1 aromatic heterocycles. The van der Waals surface area contributed by atoms with Gasteiger partial charge in [0.25, 0.3) is 0 Å². The van der Waals surface area contributed by atoms with Gasteiger partial charge in [0.15, 0.2) is 17.3 Å². The number of benzene rings is 1. The molecule has 0 radical (unpaired) electrons. The van der Waals surface area contributed by atoms with Crippen LogP contribution in [-0.2, 0) is 6.61 Å². The van der Waals surface area contributed by atoms with Gasteiger partial charge in [0, 0.05) is 11.8 Å². The van der Waals surface area contributed by atoms with Crippen LogP contribution in [-0.4, -0.2) is 16.3 Å². The quantitative estimate of drug-likeness (QED) is 0.940. The molecule has 0 saturated heterocycles. The van der Waals surface area contributed by atoms with Crippen molar-refractivity contribution >= 4 is 5.82 Å². The zero-order valence-electron chi connectivity index (χ0n) is 11.0. The number of nitrogens with two attached hydrogens (primary N) is 1. The Morgan fingerprint density at radius 3 is 2.43 bits per heavy atom. The number of hydrogen-bond acceptors (Lipinski definition) is 5. The summed E-state index contributed by atoms with van der Waals surface area (Å²) in [4.78, 5) is 8.01. The summed E-state index contributed by atoms with van der Waals surface area (Å²) in [7, 11) is 0. The van der Waals surface area contributed by atoms with Crippen molar-refractivity contribution in [3.63, 3.8) is 0 Å². The second kappa shape index (κ2) is 5.86. The van der Waals surface area contributed by atoms with E-state index in [0.717, 1.165) is 6.07 Å². The molecule has 1 aromatic carbocycles. The van der Waals surface area contributed by atoms with Gasteiger partial charge >= 0.3 is 6.36 Å². The highest BCUT2D eigenvalue weighted by Crippen LogP contribution is 2.32. The zero-order chi connectivity index (χ0) is 15.5. The predicted octanol–water partition coefficient (Wildman–Crippen LogP) is 2.84. The van der Waals surface area contributed by atoms with E-state index in [2.05, 4.69) is 14.7 Å². The van der Waals surface area contributed by atoms with Crippen molar-refractivity contribution in [3.8, 4) is 11.5 Å². The number of halogens is 3. The number of hydrogen-bond donors (Lipinski definition) is 1. The molecule has 0 unspecified atom stereocenters. The largest absolute Gasteiger partial charge is 0.573 e. The van der Waals surface area contributed by atoms with E-state index in [1.807, 2.05) is 0 Å². The number of para-hydroxylation sites is 2. The maximum Gasteiger partial charge on any atom is 0.573 e. The molecular weight excluding hydrogens is 287 g/mol. The highest BCUT2D eigenvalue weighted by atomic mass is 19.4. The fourth-order valence-electron chi connectivity index (χ4n) is 1.64. The molecular formula is C13H12F3N3O2. The van der Waals surface area contributed by atoms with Gasteiger partial charge in [0.2, 0.25) is 0 Å². The molecule has 0 bridgehead atoms. The van der Waals surface area contributed by atoms with Crippen LogP contribution in [0.2, 0.25) is 0 Å². The van der Waals surface area contributed by atoms with Crippen LogP contribution in [0.5, 0.6) is 11.5 Å². The average Bonchev–Trinajstić information content (AvgIpc) is 2.35. The van der Waals surface area contributed by atoms with E-state index in [1.165, 1.54) is 18.2 Å². The molecule has 2 aromatic rings. The molecule has 0 aliphatic carbocycles. The molecule has 5 nitrogen and oxygen atoms in total. The van der Waals surface area contributed by atoms with E-state index >= 15 is 0 Å². The van der Waals surface area contributed by atoms with Crippen molar-refractivity contribution in [3.05, 3.63) is 41.9 Å². The van der Waals surface area contributed by atoms with Gasteiger partial charge in [-0.25, -0.2) is 9.97 Å². The smallest absolute Gasteiger partial charge is 0.482 e. The molecule has 0 atom stereocenters. The monoisotopic (exact) mass is 299 g/mol. The number of aromatic nitrogens is 2. The first kappa shape index (κ1) is 14.9. The van der Waals surface area contributed by atoms with Gasteiger partial charge in [-0.05, 0) is 19.1 Å². The van der Waals surface area contributed by atoms with Gasteiger partial charge in [0.05, 0.1) is 0 Å². The minimum Gasteiger partial charge on any atom is -0.482 e. The number of nitrogens with zero attached hydrogens (tertiary/aromatic N) is 2. The SMILES string of the molecule is Cc1cc(N)nc(COc2ccccc2OC(F)(F)F)n1. The van der Waals surface area contributed by atoms with Crippen molar-refractivity contribution in [2.24, 2.45) is 0 Å². The van der Waals surface area contributed by atoms with E-state index in [1.54, 1.807) is 13.0 Å². The van der Waals surface area contributed by atoms with Crippen molar-refractivity contribution in [2.75, 3.05) is 5.73 Å². The first-order chi connectivity index (χ1) is 9.83. The summed E-state index contributed by atoms with van der Waals surface area (Å²) >= 11 is 0. The number of nitrogen functional groups attached to an aromatic ring is 1. The Bertz CT molecular complexity index is 612. The first-order valence-electron chi connectivity index (χ1n) is 5.91. The summed E-state index contributed by atoms with van der Waals surface area (Å²) in [5, 5.41) is 0. The Kier molecular flexibility index (Phi) is 4.15. The lowest BCUT2D eigenvalue weighted by atomic mass is 10.3. The first-order valence-corrected chi connectivity index (χ1v) is 5.91. The molecule has 1 heterocycles. The maximum atomic E-state index is 12.3. The highest BCUT2D eigenvalue weighted by Gasteiger charge is 2.32. The molecule has 0 fully saturated rings. The number of anilines is 1. The summed E-state index contributed by atoms with van der Waals surface area (Å²) in [5.41, 5.74) is 6.20. The zero-order valence-corrected chi connectivity index (χ0v) is 11.0. The fourth-order valence-corrected chi connectivity index (χ4v) is 1.64. The minimum absolute atomic E-state index is 0.0569. The Balaban J connectivity index is 2.13. The molecule has 0 spiro atoms. The van der Waals surface area contributed by atoms with Crippen LogP contribution in [0.4, 0.5) is 19.0 Å². The summed E-state index contributed by atoms with van der Waals surface area (Å²) in [6.45, 7) is 1.60. The van der Waals surface area contributed by atoms with Crippen molar-refractivity contribution in [2.45, 2.75) is 19.9 Å². The van der Waals surface area contributed by atoms with Crippen LogP contribution in [0.25, 0.3) is 0 Å². The number of aryl methyl sites for hydroxylation is 1. The molecule has 112 valence electrons. The number of rotatable bonds is 4. The third-order valence-electron chi connectivity index (χ3n) is 2.35. The lowest BCUT2D eigenvalue weighted by Gasteiger charge is -2.13. The van der Waals surface area contributed by atoms with Gasteiger partial charge in [-0.3, -0.25) is 0 Å². The highest BCUT2D eigenvalue weighted by molar-refractivity contribution is 5.39. The minimum atomic E-state index is -4.79. The summed E-state index contributed by atoms with van der Waals surface area (Å²) in [5.74, 6) is 0.0550. The van der Waals surface area contributed by atoms with Gasteiger partial charge in [-0.1, -0.05) is 12.1 Å². The molecule has 0 amide bonds. The third-order valence-corrected chi connectivity index (χ3v) is 2.35. The molecule has 21 heavy (non-hydrogen) atoms. The van der Waals surface area contributed by atoms with E-state index in [4.69, 9.17) is 10.5 Å². The third kappa shape index (κ3) is 4.51. The van der Waals surface area contributed by atoms with E-state index in [-0.39, 0.29) is 24.0 Å². The lowest BCUT2D eigenvalue weighted by molar-refractivity contribution is -0.275. The predicted molar refractivity (Wildman–Crippen MR) is 68.6 cm³/mol. The topological polar surface area (TPSA) is 70.3 Å². The summed E-state index contributed by atoms with van der Waals surface area (Å²) in [6, 6.07) is 7.04. The second-order valence-electron chi connectivity index (χ2n) is 4.13. The van der Waals surface area contributed by atoms with Crippen LogP contribution in [0, 0.1) is 6.92 Å². The van der Waals surface area contributed by atoms with Crippen molar-refractivity contribution in [1.82, 2.24) is 9.97 Å². The fraction of sp³-hybridized carbons (Fsp3) is 0.231. The lowest BCUT2D eigenvalue weighted by Crippen LogP contribution is -2.17. The Hall–Kier alpha value is -2.51. The molecule has 2 rings (SSSR count). The number of alkyl halides is 3. The van der Waals surface area contributed by atoms with Crippen LogP contribution in [0.3, 0.4) is 0 Å². The van der Waals surface area contributed by atoms with E-state index in [0.29, 0.717) is 5.69 Å². The summed E-state index contributed by atoms with van der Waals surface area (Å²) in [6.07, 6.45) is -4.79. The Morgan fingerprint density at radius 2 is 1.81 bits per heavy atom. The standard InChI is InChI=1S/C13H12F3N3O2/c1-8-6-11(17)19-12(18-8)7-20-9-4-2-3-5-10(9)21-13(14,15)16/h2-6H,7H2,1H3,(H2,17,18,19). The summed E-state index contributed by atoms with van der Waals surface area (Å²) < 4.78 is 46.0.